The van der Waals surface area contributed by atoms with E-state index in [1.807, 2.05) is 60.8 Å². The molecule has 6 heteroatoms. The average molecular weight is 382 g/mol. The van der Waals surface area contributed by atoms with Crippen LogP contribution in [0.3, 0.4) is 0 Å². The monoisotopic (exact) mass is 382 g/mol. The minimum atomic E-state index is -0.0654. The number of amides is 1. The maximum Gasteiger partial charge on any atom is 0.273 e. The predicted molar refractivity (Wildman–Crippen MR) is 108 cm³/mol. The average Bonchev–Trinajstić information content (AvgIpc) is 3.22. The molecule has 0 aliphatic carbocycles. The van der Waals surface area contributed by atoms with E-state index in [9.17, 15) is 4.79 Å². The highest BCUT2D eigenvalue weighted by Crippen LogP contribution is 2.26. The van der Waals surface area contributed by atoms with E-state index < -0.39 is 0 Å². The fourth-order valence-corrected chi connectivity index (χ4v) is 3.48. The Morgan fingerprint density at radius 3 is 2.15 bits per heavy atom. The highest BCUT2D eigenvalue weighted by molar-refractivity contribution is 7.13. The minimum absolute atomic E-state index is 0.0654. The molecule has 1 heterocycles. The second kappa shape index (κ2) is 8.68. The Bertz CT molecular complexity index is 889. The van der Waals surface area contributed by atoms with Crippen molar-refractivity contribution in [2.75, 3.05) is 20.8 Å². The van der Waals surface area contributed by atoms with E-state index in [0.29, 0.717) is 18.8 Å². The van der Waals surface area contributed by atoms with Crippen LogP contribution in [0.15, 0.2) is 53.9 Å². The van der Waals surface area contributed by atoms with Crippen LogP contribution in [0.25, 0.3) is 10.6 Å². The summed E-state index contributed by atoms with van der Waals surface area (Å²) in [5.41, 5.74) is 2.50. The lowest BCUT2D eigenvalue weighted by Crippen LogP contribution is -2.30. The molecule has 0 radical (unpaired) electrons. The molecular weight excluding hydrogens is 360 g/mol. The first-order valence-corrected chi connectivity index (χ1v) is 9.54. The Morgan fingerprint density at radius 1 is 1.00 bits per heavy atom. The number of carbonyl (C=O) groups excluding carboxylic acids is 1. The lowest BCUT2D eigenvalue weighted by Gasteiger charge is -2.20. The molecule has 0 fully saturated rings. The fourth-order valence-electron chi connectivity index (χ4n) is 2.68. The molecule has 27 heavy (non-hydrogen) atoms. The summed E-state index contributed by atoms with van der Waals surface area (Å²) in [4.78, 5) is 19.2. The van der Waals surface area contributed by atoms with Crippen LogP contribution in [0.4, 0.5) is 0 Å². The fraction of sp³-hybridized carbons (Fsp3) is 0.238. The minimum Gasteiger partial charge on any atom is -0.497 e. The molecule has 0 saturated heterocycles. The van der Waals surface area contributed by atoms with Crippen LogP contribution in [0.2, 0.25) is 0 Å². The van der Waals surface area contributed by atoms with E-state index >= 15 is 0 Å². The number of thiazole rings is 1. The van der Waals surface area contributed by atoms with Gasteiger partial charge in [0.1, 0.15) is 22.2 Å². The molecule has 0 saturated carbocycles. The number of hydrogen-bond acceptors (Lipinski definition) is 5. The molecule has 5 nitrogen and oxygen atoms in total. The number of hydrogen-bond donors (Lipinski definition) is 0. The summed E-state index contributed by atoms with van der Waals surface area (Å²) in [7, 11) is 3.27. The molecular formula is C21H22N2O3S. The first-order valence-electron chi connectivity index (χ1n) is 8.66. The second-order valence-electron chi connectivity index (χ2n) is 5.93. The second-order valence-corrected chi connectivity index (χ2v) is 6.79. The number of methoxy groups -OCH3 is 2. The van der Waals surface area contributed by atoms with Gasteiger partial charge in [0.2, 0.25) is 0 Å². The zero-order valence-electron chi connectivity index (χ0n) is 15.6. The van der Waals surface area contributed by atoms with Crippen LogP contribution in [-0.2, 0) is 6.54 Å². The van der Waals surface area contributed by atoms with Crippen molar-refractivity contribution in [1.29, 1.82) is 0 Å². The van der Waals surface area contributed by atoms with E-state index in [1.54, 1.807) is 19.1 Å². The quantitative estimate of drug-likeness (QED) is 0.604. The van der Waals surface area contributed by atoms with Crippen molar-refractivity contribution in [2.24, 2.45) is 0 Å². The Hall–Kier alpha value is -2.86. The van der Waals surface area contributed by atoms with Crippen molar-refractivity contribution in [1.82, 2.24) is 9.88 Å². The number of nitrogens with zero attached hydrogens (tertiary/aromatic N) is 2. The molecule has 0 N–H and O–H groups in total. The van der Waals surface area contributed by atoms with Gasteiger partial charge in [-0.2, -0.15) is 0 Å². The highest BCUT2D eigenvalue weighted by Gasteiger charge is 2.18. The van der Waals surface area contributed by atoms with Crippen LogP contribution < -0.4 is 9.47 Å². The third kappa shape index (κ3) is 4.46. The summed E-state index contributed by atoms with van der Waals surface area (Å²) >= 11 is 1.47. The predicted octanol–water partition coefficient (Wildman–Crippen LogP) is 4.49. The normalized spacial score (nSPS) is 10.5. The van der Waals surface area contributed by atoms with Gasteiger partial charge in [0.05, 0.1) is 14.2 Å². The Balaban J connectivity index is 1.73. The number of aromatic nitrogens is 1. The molecule has 1 aromatic heterocycles. The highest BCUT2D eigenvalue weighted by atomic mass is 32.1. The van der Waals surface area contributed by atoms with Crippen molar-refractivity contribution in [2.45, 2.75) is 13.5 Å². The van der Waals surface area contributed by atoms with Crippen molar-refractivity contribution in [3.63, 3.8) is 0 Å². The smallest absolute Gasteiger partial charge is 0.273 e. The summed E-state index contributed by atoms with van der Waals surface area (Å²) in [6.07, 6.45) is 0. The molecule has 3 rings (SSSR count). The molecule has 0 bridgehead atoms. The summed E-state index contributed by atoms with van der Waals surface area (Å²) < 4.78 is 10.4. The summed E-state index contributed by atoms with van der Waals surface area (Å²) in [5, 5.41) is 2.64. The summed E-state index contributed by atoms with van der Waals surface area (Å²) in [6, 6.07) is 15.4. The van der Waals surface area contributed by atoms with Crippen LogP contribution in [0, 0.1) is 0 Å². The molecule has 0 unspecified atom stereocenters. The number of ether oxygens (including phenoxy) is 2. The molecule has 2 aromatic carbocycles. The van der Waals surface area contributed by atoms with Crippen molar-refractivity contribution >= 4 is 17.2 Å². The number of carbonyl (C=O) groups is 1. The van der Waals surface area contributed by atoms with E-state index in [-0.39, 0.29) is 5.91 Å². The molecule has 3 aromatic rings. The van der Waals surface area contributed by atoms with Gasteiger partial charge in [-0.3, -0.25) is 4.79 Å². The van der Waals surface area contributed by atoms with Crippen LogP contribution >= 0.6 is 11.3 Å². The SMILES string of the molecule is CCN(Cc1ccc(OC)cc1)C(=O)c1csc(-c2ccc(OC)cc2)n1. The maximum absolute atomic E-state index is 12.9. The summed E-state index contributed by atoms with van der Waals surface area (Å²) in [5.74, 6) is 1.53. The number of rotatable bonds is 7. The van der Waals surface area contributed by atoms with Gasteiger partial charge in [-0.15, -0.1) is 11.3 Å². The molecule has 0 spiro atoms. The largest absolute Gasteiger partial charge is 0.497 e. The first kappa shape index (κ1) is 18.9. The standard InChI is InChI=1S/C21H22N2O3S/c1-4-23(13-15-5-9-17(25-2)10-6-15)21(24)19-14-27-20(22-19)16-7-11-18(26-3)12-8-16/h5-12,14H,4,13H2,1-3H3. The first-order chi connectivity index (χ1) is 13.1. The van der Waals surface area contributed by atoms with Crippen LogP contribution in [-0.4, -0.2) is 36.6 Å². The van der Waals surface area contributed by atoms with Crippen LogP contribution in [0.5, 0.6) is 11.5 Å². The molecule has 0 aliphatic heterocycles. The van der Waals surface area contributed by atoms with Gasteiger partial charge >= 0.3 is 0 Å². The molecule has 0 aliphatic rings. The van der Waals surface area contributed by atoms with Crippen molar-refractivity contribution < 1.29 is 14.3 Å². The van der Waals surface area contributed by atoms with E-state index in [1.165, 1.54) is 11.3 Å². The Labute approximate surface area is 163 Å². The third-order valence-corrected chi connectivity index (χ3v) is 5.15. The van der Waals surface area contributed by atoms with Crippen LogP contribution in [0.1, 0.15) is 23.0 Å². The Kier molecular flexibility index (Phi) is 6.08. The third-order valence-electron chi connectivity index (χ3n) is 4.26. The zero-order chi connectivity index (χ0) is 19.2. The number of benzene rings is 2. The lowest BCUT2D eigenvalue weighted by atomic mass is 10.2. The van der Waals surface area contributed by atoms with Gasteiger partial charge < -0.3 is 14.4 Å². The van der Waals surface area contributed by atoms with Crippen molar-refractivity contribution in [3.8, 4) is 22.1 Å². The Morgan fingerprint density at radius 2 is 1.59 bits per heavy atom. The van der Waals surface area contributed by atoms with Gasteiger partial charge in [0, 0.05) is 24.0 Å². The zero-order valence-corrected chi connectivity index (χ0v) is 16.5. The summed E-state index contributed by atoms with van der Waals surface area (Å²) in [6.45, 7) is 3.12. The topological polar surface area (TPSA) is 51.7 Å². The van der Waals surface area contributed by atoms with Gasteiger partial charge in [-0.25, -0.2) is 4.98 Å². The van der Waals surface area contributed by atoms with Gasteiger partial charge in [0.25, 0.3) is 5.91 Å². The van der Waals surface area contributed by atoms with Gasteiger partial charge in [-0.05, 0) is 48.9 Å². The van der Waals surface area contributed by atoms with Gasteiger partial charge in [-0.1, -0.05) is 12.1 Å². The maximum atomic E-state index is 12.9. The van der Waals surface area contributed by atoms with Gasteiger partial charge in [0.15, 0.2) is 0 Å². The molecule has 0 atom stereocenters. The van der Waals surface area contributed by atoms with E-state index in [0.717, 1.165) is 27.6 Å². The van der Waals surface area contributed by atoms with Crippen molar-refractivity contribution in [3.05, 3.63) is 65.2 Å². The van der Waals surface area contributed by atoms with E-state index in [4.69, 9.17) is 9.47 Å². The molecule has 140 valence electrons. The van der Waals surface area contributed by atoms with E-state index in [2.05, 4.69) is 4.98 Å². The lowest BCUT2D eigenvalue weighted by molar-refractivity contribution is 0.0747. The molecule has 1 amide bonds.